The molecule has 6 nitrogen and oxygen atoms in total. The van der Waals surface area contributed by atoms with Crippen molar-refractivity contribution in [1.82, 2.24) is 24.7 Å². The number of rotatable bonds is 3. The largest absolute Gasteiger partial charge is 0.382 e. The van der Waals surface area contributed by atoms with Gasteiger partial charge in [0.2, 0.25) is 0 Å². The summed E-state index contributed by atoms with van der Waals surface area (Å²) in [5.74, 6) is 2.68. The number of anilines is 1. The maximum absolute atomic E-state index is 5.59. The van der Waals surface area contributed by atoms with Gasteiger partial charge in [0, 0.05) is 12.8 Å². The van der Waals surface area contributed by atoms with Crippen LogP contribution in [0.5, 0.6) is 0 Å². The Hall–Kier alpha value is -1.98. The van der Waals surface area contributed by atoms with E-state index in [1.165, 1.54) is 6.20 Å². The minimum atomic E-state index is 0.383. The molecule has 6 heteroatoms. The van der Waals surface area contributed by atoms with Crippen LogP contribution in [0.2, 0.25) is 0 Å². The van der Waals surface area contributed by atoms with Crippen molar-refractivity contribution in [2.45, 2.75) is 26.7 Å². The molecule has 0 aromatic carbocycles. The van der Waals surface area contributed by atoms with Gasteiger partial charge < -0.3 is 5.73 Å². The molecular formula is C10H14N6. The number of aryl methyl sites for hydroxylation is 2. The highest BCUT2D eigenvalue weighted by atomic mass is 15.4. The normalized spacial score (nSPS) is 10.6. The molecule has 0 saturated carbocycles. The molecular weight excluding hydrogens is 204 g/mol. The van der Waals surface area contributed by atoms with Gasteiger partial charge in [-0.3, -0.25) is 4.98 Å². The first-order chi connectivity index (χ1) is 7.74. The predicted octanol–water partition coefficient (Wildman–Crippen LogP) is 0.764. The van der Waals surface area contributed by atoms with Crippen LogP contribution in [0.4, 0.5) is 5.82 Å². The van der Waals surface area contributed by atoms with Crippen molar-refractivity contribution < 1.29 is 0 Å². The molecule has 0 aliphatic heterocycles. The third-order valence-electron chi connectivity index (χ3n) is 2.21. The predicted molar refractivity (Wildman–Crippen MR) is 60.1 cm³/mol. The molecule has 2 aromatic rings. The molecule has 2 N–H and O–H groups in total. The van der Waals surface area contributed by atoms with Crippen molar-refractivity contribution in [3.8, 4) is 5.82 Å². The van der Waals surface area contributed by atoms with Crippen molar-refractivity contribution in [3.63, 3.8) is 0 Å². The topological polar surface area (TPSA) is 82.5 Å². The van der Waals surface area contributed by atoms with Crippen LogP contribution in [0, 0.1) is 0 Å². The molecule has 0 saturated heterocycles. The van der Waals surface area contributed by atoms with E-state index >= 15 is 0 Å². The van der Waals surface area contributed by atoms with E-state index in [2.05, 4.69) is 20.1 Å². The molecule has 0 fully saturated rings. The van der Waals surface area contributed by atoms with Gasteiger partial charge in [0.1, 0.15) is 11.6 Å². The lowest BCUT2D eigenvalue weighted by molar-refractivity contribution is 0.765. The fourth-order valence-electron chi connectivity index (χ4n) is 1.43. The quantitative estimate of drug-likeness (QED) is 0.822. The summed E-state index contributed by atoms with van der Waals surface area (Å²) < 4.78 is 1.70. The minimum Gasteiger partial charge on any atom is -0.382 e. The molecule has 0 spiro atoms. The van der Waals surface area contributed by atoms with E-state index in [9.17, 15) is 0 Å². The fourth-order valence-corrected chi connectivity index (χ4v) is 1.43. The molecule has 0 bridgehead atoms. The summed E-state index contributed by atoms with van der Waals surface area (Å²) in [6.07, 6.45) is 4.73. The monoisotopic (exact) mass is 218 g/mol. The lowest BCUT2D eigenvalue weighted by atomic mass is 10.4. The van der Waals surface area contributed by atoms with Crippen LogP contribution in [0.1, 0.15) is 25.5 Å². The Labute approximate surface area is 93.6 Å². The number of hydrogen-bond acceptors (Lipinski definition) is 5. The number of aromatic nitrogens is 5. The fraction of sp³-hybridized carbons (Fsp3) is 0.400. The Morgan fingerprint density at radius 1 is 1.19 bits per heavy atom. The van der Waals surface area contributed by atoms with Crippen LogP contribution in [0.25, 0.3) is 5.82 Å². The van der Waals surface area contributed by atoms with E-state index in [0.29, 0.717) is 11.6 Å². The maximum Gasteiger partial charge on any atom is 0.176 e. The van der Waals surface area contributed by atoms with Crippen molar-refractivity contribution >= 4 is 5.82 Å². The molecule has 84 valence electrons. The zero-order valence-electron chi connectivity index (χ0n) is 9.38. The molecule has 0 atom stereocenters. The van der Waals surface area contributed by atoms with E-state index in [1.807, 2.05) is 13.8 Å². The third kappa shape index (κ3) is 1.86. The highest BCUT2D eigenvalue weighted by Gasteiger charge is 2.10. The van der Waals surface area contributed by atoms with E-state index < -0.39 is 0 Å². The van der Waals surface area contributed by atoms with Crippen LogP contribution >= 0.6 is 0 Å². The number of nitrogen functional groups attached to an aromatic ring is 1. The zero-order valence-corrected chi connectivity index (χ0v) is 9.38. The van der Waals surface area contributed by atoms with Crippen LogP contribution in [-0.4, -0.2) is 24.7 Å². The van der Waals surface area contributed by atoms with Crippen molar-refractivity contribution in [2.24, 2.45) is 0 Å². The number of hydrogen-bond donors (Lipinski definition) is 1. The van der Waals surface area contributed by atoms with Crippen molar-refractivity contribution in [2.75, 3.05) is 5.73 Å². The van der Waals surface area contributed by atoms with Gasteiger partial charge >= 0.3 is 0 Å². The van der Waals surface area contributed by atoms with Gasteiger partial charge in [-0.05, 0) is 0 Å². The van der Waals surface area contributed by atoms with Gasteiger partial charge in [0.25, 0.3) is 0 Å². The highest BCUT2D eigenvalue weighted by molar-refractivity contribution is 5.30. The van der Waals surface area contributed by atoms with Crippen molar-refractivity contribution in [3.05, 3.63) is 24.0 Å². The average Bonchev–Trinajstić information content (AvgIpc) is 2.72. The average molecular weight is 218 g/mol. The maximum atomic E-state index is 5.59. The smallest absolute Gasteiger partial charge is 0.176 e. The first-order valence-electron chi connectivity index (χ1n) is 5.27. The number of nitrogens with two attached hydrogens (primary N) is 1. The van der Waals surface area contributed by atoms with Gasteiger partial charge in [-0.1, -0.05) is 13.8 Å². The molecule has 16 heavy (non-hydrogen) atoms. The molecule has 2 rings (SSSR count). The molecule has 0 unspecified atom stereocenters. The second kappa shape index (κ2) is 4.26. The second-order valence-electron chi connectivity index (χ2n) is 3.37. The van der Waals surface area contributed by atoms with Crippen LogP contribution in [-0.2, 0) is 12.8 Å². The molecule has 2 heterocycles. The van der Waals surface area contributed by atoms with Gasteiger partial charge in [-0.15, -0.1) is 5.10 Å². The molecule has 0 aliphatic rings. The van der Waals surface area contributed by atoms with E-state index in [4.69, 9.17) is 5.73 Å². The Balaban J connectivity index is 2.50. The Morgan fingerprint density at radius 2 is 2.00 bits per heavy atom. The van der Waals surface area contributed by atoms with Gasteiger partial charge in [-0.25, -0.2) is 9.97 Å². The summed E-state index contributed by atoms with van der Waals surface area (Å²) in [5.41, 5.74) is 5.59. The SMILES string of the molecule is CCc1nc(CC)n(-c2cncc(N)n2)n1. The minimum absolute atomic E-state index is 0.383. The summed E-state index contributed by atoms with van der Waals surface area (Å²) in [6.45, 7) is 4.05. The highest BCUT2D eigenvalue weighted by Crippen LogP contribution is 2.08. The van der Waals surface area contributed by atoms with E-state index in [1.54, 1.807) is 10.9 Å². The summed E-state index contributed by atoms with van der Waals surface area (Å²) >= 11 is 0. The Bertz CT molecular complexity index is 490. The van der Waals surface area contributed by atoms with Crippen LogP contribution in [0.3, 0.4) is 0 Å². The lowest BCUT2D eigenvalue weighted by Gasteiger charge is -2.02. The molecule has 0 amide bonds. The van der Waals surface area contributed by atoms with Gasteiger partial charge in [0.15, 0.2) is 11.6 Å². The first-order valence-corrected chi connectivity index (χ1v) is 5.27. The Kier molecular flexibility index (Phi) is 2.80. The molecule has 2 aromatic heterocycles. The van der Waals surface area contributed by atoms with Gasteiger partial charge in [-0.2, -0.15) is 4.68 Å². The standard InChI is InChI=1S/C10H14N6/c1-3-8-14-9(4-2)16(15-8)10-6-12-5-7(11)13-10/h5-6H,3-4H2,1-2H3,(H2,11,13). The van der Waals surface area contributed by atoms with E-state index in [0.717, 1.165) is 24.5 Å². The van der Waals surface area contributed by atoms with Crippen LogP contribution < -0.4 is 5.73 Å². The van der Waals surface area contributed by atoms with E-state index in [-0.39, 0.29) is 0 Å². The second-order valence-corrected chi connectivity index (χ2v) is 3.37. The zero-order chi connectivity index (χ0) is 11.5. The summed E-state index contributed by atoms with van der Waals surface area (Å²) in [7, 11) is 0. The van der Waals surface area contributed by atoms with Crippen LogP contribution in [0.15, 0.2) is 12.4 Å². The molecule has 0 aliphatic carbocycles. The molecule has 0 radical (unpaired) electrons. The Morgan fingerprint density at radius 3 is 2.62 bits per heavy atom. The lowest BCUT2D eigenvalue weighted by Crippen LogP contribution is -2.06. The summed E-state index contributed by atoms with van der Waals surface area (Å²) in [5, 5.41) is 4.36. The first kappa shape index (κ1) is 10.5. The van der Waals surface area contributed by atoms with Crippen molar-refractivity contribution in [1.29, 1.82) is 0 Å². The van der Waals surface area contributed by atoms with Gasteiger partial charge in [0.05, 0.1) is 12.4 Å². The third-order valence-corrected chi connectivity index (χ3v) is 2.21. The number of nitrogens with zero attached hydrogens (tertiary/aromatic N) is 5. The summed E-state index contributed by atoms with van der Waals surface area (Å²) in [6, 6.07) is 0. The summed E-state index contributed by atoms with van der Waals surface area (Å²) in [4.78, 5) is 12.6.